The summed E-state index contributed by atoms with van der Waals surface area (Å²) in [7, 11) is 0. The maximum absolute atomic E-state index is 11.3. The van der Waals surface area contributed by atoms with E-state index in [4.69, 9.17) is 10.2 Å². The number of aliphatic carboxylic acids is 1. The van der Waals surface area contributed by atoms with Gasteiger partial charge in [-0.3, -0.25) is 0 Å². The molecule has 0 aliphatic rings. The van der Waals surface area contributed by atoms with Crippen LogP contribution in [0.15, 0.2) is 0 Å². The summed E-state index contributed by atoms with van der Waals surface area (Å²) in [6, 6.07) is -0.405. The number of rotatable bonds is 8. The number of amides is 2. The van der Waals surface area contributed by atoms with E-state index in [0.29, 0.717) is 0 Å². The average molecular weight is 246 g/mol. The van der Waals surface area contributed by atoms with Crippen molar-refractivity contribution in [1.82, 2.24) is 10.6 Å². The Bertz CT molecular complexity index is 246. The van der Waals surface area contributed by atoms with E-state index >= 15 is 0 Å². The number of aliphatic hydroxyl groups excluding tert-OH is 1. The monoisotopic (exact) mass is 246 g/mol. The fraction of sp³-hybridized carbons (Fsp3) is 0.818. The molecule has 0 rings (SSSR count). The lowest BCUT2D eigenvalue weighted by molar-refractivity contribution is -0.146. The molecule has 0 saturated carbocycles. The number of carboxylic acids is 1. The van der Waals surface area contributed by atoms with Crippen molar-refractivity contribution in [2.24, 2.45) is 0 Å². The van der Waals surface area contributed by atoms with Crippen molar-refractivity contribution >= 4 is 12.0 Å². The molecule has 0 aliphatic heterocycles. The smallest absolute Gasteiger partial charge is 0.334 e. The molecule has 0 saturated heterocycles. The van der Waals surface area contributed by atoms with Crippen molar-refractivity contribution in [3.63, 3.8) is 0 Å². The summed E-state index contributed by atoms with van der Waals surface area (Å²) in [5, 5.41) is 22.3. The van der Waals surface area contributed by atoms with E-state index in [-0.39, 0.29) is 12.6 Å². The molecule has 6 nitrogen and oxygen atoms in total. The Hall–Kier alpha value is -1.30. The summed E-state index contributed by atoms with van der Waals surface area (Å²) >= 11 is 0. The third-order valence-corrected chi connectivity index (χ3v) is 2.36. The molecule has 0 aromatic rings. The molecule has 0 heterocycles. The lowest BCUT2D eigenvalue weighted by atomic mass is 10.1. The fourth-order valence-corrected chi connectivity index (χ4v) is 1.32. The number of urea groups is 1. The minimum Gasteiger partial charge on any atom is -0.479 e. The second kappa shape index (κ2) is 8.81. The Morgan fingerprint density at radius 2 is 1.94 bits per heavy atom. The van der Waals surface area contributed by atoms with Gasteiger partial charge in [-0.2, -0.15) is 0 Å². The van der Waals surface area contributed by atoms with E-state index in [1.54, 1.807) is 0 Å². The van der Waals surface area contributed by atoms with Gasteiger partial charge in [0.1, 0.15) is 0 Å². The number of aliphatic hydroxyl groups is 1. The standard InChI is InChI=1S/C11H22N2O4/c1-3-4-5-6-8(2)13-11(17)12-7-9(14)10(15)16/h8-9,14H,3-7H2,1-2H3,(H,15,16)(H2,12,13,17). The molecular formula is C11H22N2O4. The third kappa shape index (κ3) is 8.50. The zero-order valence-electron chi connectivity index (χ0n) is 10.4. The molecule has 0 aliphatic carbocycles. The number of hydrogen-bond acceptors (Lipinski definition) is 3. The van der Waals surface area contributed by atoms with Crippen molar-refractivity contribution < 1.29 is 19.8 Å². The highest BCUT2D eigenvalue weighted by Crippen LogP contribution is 2.02. The molecule has 2 atom stereocenters. The Labute approximate surface area is 101 Å². The van der Waals surface area contributed by atoms with Gasteiger partial charge in [0.05, 0.1) is 6.54 Å². The topological polar surface area (TPSA) is 98.7 Å². The molecule has 0 bridgehead atoms. The van der Waals surface area contributed by atoms with E-state index in [1.807, 2.05) is 6.92 Å². The fourth-order valence-electron chi connectivity index (χ4n) is 1.32. The van der Waals surface area contributed by atoms with Gasteiger partial charge in [0.2, 0.25) is 0 Å². The number of carboxylic acid groups (broad SMARTS) is 1. The van der Waals surface area contributed by atoms with Crippen molar-refractivity contribution in [2.75, 3.05) is 6.54 Å². The molecule has 2 unspecified atom stereocenters. The van der Waals surface area contributed by atoms with Gasteiger partial charge in [-0.25, -0.2) is 9.59 Å². The molecule has 100 valence electrons. The molecule has 17 heavy (non-hydrogen) atoms. The van der Waals surface area contributed by atoms with E-state index < -0.39 is 18.1 Å². The Balaban J connectivity index is 3.67. The summed E-state index contributed by atoms with van der Waals surface area (Å²) < 4.78 is 0. The molecule has 4 N–H and O–H groups in total. The minimum absolute atomic E-state index is 0.0449. The Morgan fingerprint density at radius 1 is 1.29 bits per heavy atom. The lowest BCUT2D eigenvalue weighted by Gasteiger charge is -2.15. The van der Waals surface area contributed by atoms with Gasteiger partial charge >= 0.3 is 12.0 Å². The van der Waals surface area contributed by atoms with Crippen LogP contribution >= 0.6 is 0 Å². The summed E-state index contributed by atoms with van der Waals surface area (Å²) in [5.74, 6) is -1.35. The van der Waals surface area contributed by atoms with Crippen LogP contribution in [0.1, 0.15) is 39.5 Å². The van der Waals surface area contributed by atoms with Crippen LogP contribution in [0.2, 0.25) is 0 Å². The third-order valence-electron chi connectivity index (χ3n) is 2.36. The number of carbonyl (C=O) groups is 2. The van der Waals surface area contributed by atoms with Crippen LogP contribution in [0.25, 0.3) is 0 Å². The van der Waals surface area contributed by atoms with Crippen molar-refractivity contribution in [3.05, 3.63) is 0 Å². The largest absolute Gasteiger partial charge is 0.479 e. The first-order valence-electron chi connectivity index (χ1n) is 5.92. The van der Waals surface area contributed by atoms with Crippen LogP contribution in [0.4, 0.5) is 4.79 Å². The maximum atomic E-state index is 11.3. The van der Waals surface area contributed by atoms with Crippen LogP contribution < -0.4 is 10.6 Å². The van der Waals surface area contributed by atoms with E-state index in [0.717, 1.165) is 25.7 Å². The minimum atomic E-state index is -1.56. The second-order valence-electron chi connectivity index (χ2n) is 4.11. The van der Waals surface area contributed by atoms with Gasteiger partial charge in [-0.15, -0.1) is 0 Å². The predicted molar refractivity (Wildman–Crippen MR) is 63.8 cm³/mol. The number of carbonyl (C=O) groups excluding carboxylic acids is 1. The molecule has 0 aromatic heterocycles. The average Bonchev–Trinajstić information content (AvgIpc) is 2.26. The Kier molecular flexibility index (Phi) is 8.13. The predicted octanol–water partition coefficient (Wildman–Crippen LogP) is 0.700. The van der Waals surface area contributed by atoms with Gasteiger partial charge in [-0.05, 0) is 13.3 Å². The van der Waals surface area contributed by atoms with Gasteiger partial charge < -0.3 is 20.8 Å². The van der Waals surface area contributed by atoms with E-state index in [9.17, 15) is 9.59 Å². The van der Waals surface area contributed by atoms with Crippen molar-refractivity contribution in [1.29, 1.82) is 0 Å². The highest BCUT2D eigenvalue weighted by atomic mass is 16.4. The number of unbranched alkanes of at least 4 members (excludes halogenated alkanes) is 2. The van der Waals surface area contributed by atoms with E-state index in [1.165, 1.54) is 0 Å². The molecule has 0 fully saturated rings. The second-order valence-corrected chi connectivity index (χ2v) is 4.11. The molecule has 6 heteroatoms. The van der Waals surface area contributed by atoms with Gasteiger partial charge in [0.25, 0.3) is 0 Å². The van der Waals surface area contributed by atoms with Crippen LogP contribution in [-0.2, 0) is 4.79 Å². The number of nitrogens with one attached hydrogen (secondary N) is 2. The first kappa shape index (κ1) is 15.7. The zero-order valence-corrected chi connectivity index (χ0v) is 10.4. The summed E-state index contributed by atoms with van der Waals surface area (Å²) in [4.78, 5) is 21.6. The van der Waals surface area contributed by atoms with Crippen LogP contribution in [0.5, 0.6) is 0 Å². The van der Waals surface area contributed by atoms with Crippen LogP contribution in [-0.4, -0.2) is 40.9 Å². The van der Waals surface area contributed by atoms with E-state index in [2.05, 4.69) is 17.6 Å². The molecule has 0 spiro atoms. The zero-order chi connectivity index (χ0) is 13.3. The van der Waals surface area contributed by atoms with Crippen LogP contribution in [0, 0.1) is 0 Å². The maximum Gasteiger partial charge on any atom is 0.334 e. The Morgan fingerprint density at radius 3 is 2.47 bits per heavy atom. The lowest BCUT2D eigenvalue weighted by Crippen LogP contribution is -2.45. The van der Waals surface area contributed by atoms with Gasteiger partial charge in [0.15, 0.2) is 6.10 Å². The molecular weight excluding hydrogens is 224 g/mol. The van der Waals surface area contributed by atoms with Crippen molar-refractivity contribution in [3.8, 4) is 0 Å². The van der Waals surface area contributed by atoms with Gasteiger partial charge in [-0.1, -0.05) is 26.2 Å². The van der Waals surface area contributed by atoms with Gasteiger partial charge in [0, 0.05) is 6.04 Å². The quantitative estimate of drug-likeness (QED) is 0.474. The first-order valence-corrected chi connectivity index (χ1v) is 5.92. The van der Waals surface area contributed by atoms with Crippen molar-refractivity contribution in [2.45, 2.75) is 51.7 Å². The molecule has 2 amide bonds. The molecule has 0 aromatic carbocycles. The summed E-state index contributed by atoms with van der Waals surface area (Å²) in [6.45, 7) is 3.71. The number of hydrogen-bond donors (Lipinski definition) is 4. The summed E-state index contributed by atoms with van der Waals surface area (Å²) in [6.07, 6.45) is 2.64. The molecule has 0 radical (unpaired) electrons. The highest BCUT2D eigenvalue weighted by molar-refractivity contribution is 5.76. The summed E-state index contributed by atoms with van der Waals surface area (Å²) in [5.41, 5.74) is 0. The normalized spacial score (nSPS) is 13.8. The highest BCUT2D eigenvalue weighted by Gasteiger charge is 2.14. The first-order chi connectivity index (χ1) is 7.97. The van der Waals surface area contributed by atoms with Crippen LogP contribution in [0.3, 0.4) is 0 Å². The SMILES string of the molecule is CCCCCC(C)NC(=O)NCC(O)C(=O)O.